The number of anilines is 1. The molecule has 0 unspecified atom stereocenters. The molecule has 0 bridgehead atoms. The average molecular weight is 423 g/mol. The molecule has 1 aromatic carbocycles. The maximum atomic E-state index is 12.8. The second-order valence-electron chi connectivity index (χ2n) is 7.72. The molecule has 1 aliphatic rings. The van der Waals surface area contributed by atoms with Crippen molar-refractivity contribution < 1.29 is 27.8 Å². The van der Waals surface area contributed by atoms with Gasteiger partial charge in [0.1, 0.15) is 23.0 Å². The molecule has 0 aliphatic heterocycles. The van der Waals surface area contributed by atoms with Gasteiger partial charge in [0.25, 0.3) is 12.3 Å². The minimum atomic E-state index is -2.65. The molecule has 0 fully saturated rings. The number of nitrogens with one attached hydrogen (secondary N) is 1. The number of aryl methyl sites for hydroxylation is 1. The van der Waals surface area contributed by atoms with E-state index in [1.807, 2.05) is 0 Å². The second-order valence-corrected chi connectivity index (χ2v) is 8.82. The molecule has 0 saturated carbocycles. The molecule has 1 aliphatic carbocycles. The van der Waals surface area contributed by atoms with Gasteiger partial charge in [-0.05, 0) is 57.7 Å². The van der Waals surface area contributed by atoms with Crippen LogP contribution in [-0.4, -0.2) is 30.5 Å². The van der Waals surface area contributed by atoms with E-state index >= 15 is 0 Å². The maximum absolute atomic E-state index is 12.8. The highest BCUT2D eigenvalue weighted by Gasteiger charge is 2.31. The van der Waals surface area contributed by atoms with E-state index in [1.54, 1.807) is 32.9 Å². The Bertz CT molecular complexity index is 918. The normalized spacial score (nSPS) is 13.3. The zero-order valence-corrected chi connectivity index (χ0v) is 17.3. The lowest BCUT2D eigenvalue weighted by Crippen LogP contribution is -2.25. The molecule has 2 aromatic rings. The summed E-state index contributed by atoms with van der Waals surface area (Å²) >= 11 is 1.36. The van der Waals surface area contributed by atoms with Crippen molar-refractivity contribution in [3.63, 3.8) is 0 Å². The van der Waals surface area contributed by atoms with Crippen LogP contribution in [0.25, 0.3) is 0 Å². The molecule has 0 saturated heterocycles. The number of alkyl halides is 2. The van der Waals surface area contributed by atoms with Crippen molar-refractivity contribution in [1.29, 1.82) is 0 Å². The fraction of sp³-hybridized carbons (Fsp3) is 0.429. The molecule has 8 heteroatoms. The van der Waals surface area contributed by atoms with Gasteiger partial charge in [0.2, 0.25) is 0 Å². The van der Waals surface area contributed by atoms with Crippen LogP contribution in [-0.2, 0) is 17.6 Å². The van der Waals surface area contributed by atoms with Crippen LogP contribution in [0.1, 0.15) is 58.3 Å². The number of esters is 1. The van der Waals surface area contributed by atoms with Crippen LogP contribution in [0.15, 0.2) is 24.3 Å². The van der Waals surface area contributed by atoms with E-state index in [-0.39, 0.29) is 11.3 Å². The third-order valence-corrected chi connectivity index (χ3v) is 5.46. The average Bonchev–Trinajstić information content (AvgIpc) is 3.19. The van der Waals surface area contributed by atoms with Crippen LogP contribution in [0.4, 0.5) is 13.8 Å². The lowest BCUT2D eigenvalue weighted by Gasteiger charge is -2.20. The molecule has 1 aromatic heterocycles. The number of hydrogen-bond acceptors (Lipinski definition) is 5. The summed E-state index contributed by atoms with van der Waals surface area (Å²) in [5, 5.41) is 3.18. The highest BCUT2D eigenvalue weighted by atomic mass is 32.1. The summed E-state index contributed by atoms with van der Waals surface area (Å²) in [6.45, 7) is 4.55. The zero-order valence-electron chi connectivity index (χ0n) is 16.5. The number of rotatable bonds is 6. The first-order valence-corrected chi connectivity index (χ1v) is 10.2. The summed E-state index contributed by atoms with van der Waals surface area (Å²) < 4.78 is 35.6. The lowest BCUT2D eigenvalue weighted by atomic mass is 10.1. The molecule has 29 heavy (non-hydrogen) atoms. The number of para-hydroxylation sites is 1. The molecular formula is C21H23F2NO4S. The predicted molar refractivity (Wildman–Crippen MR) is 107 cm³/mol. The molecule has 0 radical (unpaired) electrons. The quantitative estimate of drug-likeness (QED) is 0.658. The van der Waals surface area contributed by atoms with Gasteiger partial charge in [-0.1, -0.05) is 12.1 Å². The standard InChI is InChI=1S/C21H23F2NO4S/c1-21(2,3)28-20(26)17-13-8-6-10-15(13)29-19(17)24-18(25)12-7-4-5-9-14(12)27-11-16(22)23/h4-5,7,9,16H,6,8,10-11H2,1-3H3,(H,24,25). The number of fused-ring (bicyclic) bond motifs is 1. The smallest absolute Gasteiger partial charge is 0.341 e. The molecule has 5 nitrogen and oxygen atoms in total. The number of ether oxygens (including phenoxy) is 2. The zero-order chi connectivity index (χ0) is 21.2. The van der Waals surface area contributed by atoms with Crippen molar-refractivity contribution in [3.8, 4) is 5.75 Å². The summed E-state index contributed by atoms with van der Waals surface area (Å²) in [6.07, 6.45) is -0.0928. The molecule has 156 valence electrons. The van der Waals surface area contributed by atoms with Gasteiger partial charge in [-0.3, -0.25) is 4.79 Å². The van der Waals surface area contributed by atoms with Crippen molar-refractivity contribution in [1.82, 2.24) is 0 Å². The van der Waals surface area contributed by atoms with Crippen LogP contribution in [0.3, 0.4) is 0 Å². The van der Waals surface area contributed by atoms with Gasteiger partial charge < -0.3 is 14.8 Å². The highest BCUT2D eigenvalue weighted by molar-refractivity contribution is 7.17. The number of carbonyl (C=O) groups is 2. The van der Waals surface area contributed by atoms with Gasteiger partial charge in [-0.25, -0.2) is 13.6 Å². The van der Waals surface area contributed by atoms with E-state index in [9.17, 15) is 18.4 Å². The Morgan fingerprint density at radius 2 is 1.93 bits per heavy atom. The maximum Gasteiger partial charge on any atom is 0.341 e. The Kier molecular flexibility index (Phi) is 6.21. The van der Waals surface area contributed by atoms with Gasteiger partial charge >= 0.3 is 5.97 Å². The fourth-order valence-electron chi connectivity index (χ4n) is 3.14. The van der Waals surface area contributed by atoms with Gasteiger partial charge in [0.05, 0.1) is 11.1 Å². The first-order chi connectivity index (χ1) is 13.7. The van der Waals surface area contributed by atoms with Crippen LogP contribution < -0.4 is 10.1 Å². The molecule has 3 rings (SSSR count). The Morgan fingerprint density at radius 3 is 2.62 bits per heavy atom. The van der Waals surface area contributed by atoms with E-state index in [1.165, 1.54) is 23.5 Å². The number of hydrogen-bond donors (Lipinski definition) is 1. The second kappa shape index (κ2) is 8.49. The summed E-state index contributed by atoms with van der Waals surface area (Å²) in [7, 11) is 0. The fourth-order valence-corrected chi connectivity index (χ4v) is 4.41. The van der Waals surface area contributed by atoms with Gasteiger partial charge in [-0.15, -0.1) is 11.3 Å². The molecular weight excluding hydrogens is 400 g/mol. The SMILES string of the molecule is CC(C)(C)OC(=O)c1c(NC(=O)c2ccccc2OCC(F)F)sc2c1CCC2. The molecule has 0 spiro atoms. The summed E-state index contributed by atoms with van der Waals surface area (Å²) in [5.74, 6) is -0.942. The first-order valence-electron chi connectivity index (χ1n) is 9.35. The van der Waals surface area contributed by atoms with Crippen molar-refractivity contribution in [2.24, 2.45) is 0 Å². The Labute approximate surface area is 172 Å². The molecule has 1 heterocycles. The topological polar surface area (TPSA) is 64.6 Å². The number of benzene rings is 1. The van der Waals surface area contributed by atoms with Crippen LogP contribution >= 0.6 is 11.3 Å². The number of carbonyl (C=O) groups excluding carboxylic acids is 2. The summed E-state index contributed by atoms with van der Waals surface area (Å²) in [6, 6.07) is 6.17. The van der Waals surface area contributed by atoms with Crippen molar-refractivity contribution in [2.75, 3.05) is 11.9 Å². The predicted octanol–water partition coefficient (Wildman–Crippen LogP) is 5.09. The molecule has 0 atom stereocenters. The van der Waals surface area contributed by atoms with Gasteiger partial charge in [-0.2, -0.15) is 0 Å². The number of amides is 1. The van der Waals surface area contributed by atoms with E-state index in [0.29, 0.717) is 10.6 Å². The first kappa shape index (κ1) is 21.2. The van der Waals surface area contributed by atoms with Crippen molar-refractivity contribution in [3.05, 3.63) is 45.8 Å². The highest BCUT2D eigenvalue weighted by Crippen LogP contribution is 2.40. The van der Waals surface area contributed by atoms with E-state index in [0.717, 1.165) is 29.7 Å². The number of halogens is 2. The number of thiophene rings is 1. The molecule has 1 N–H and O–H groups in total. The van der Waals surface area contributed by atoms with Crippen LogP contribution in [0.2, 0.25) is 0 Å². The largest absolute Gasteiger partial charge is 0.487 e. The minimum absolute atomic E-state index is 0.0632. The van der Waals surface area contributed by atoms with E-state index < -0.39 is 30.5 Å². The Morgan fingerprint density at radius 1 is 1.21 bits per heavy atom. The minimum Gasteiger partial charge on any atom is -0.487 e. The molecule has 1 amide bonds. The Hall–Kier alpha value is -2.48. The summed E-state index contributed by atoms with van der Waals surface area (Å²) in [4.78, 5) is 26.7. The van der Waals surface area contributed by atoms with Crippen molar-refractivity contribution in [2.45, 2.75) is 52.1 Å². The Balaban J connectivity index is 1.88. The van der Waals surface area contributed by atoms with E-state index in [4.69, 9.17) is 9.47 Å². The third-order valence-electron chi connectivity index (χ3n) is 4.25. The van der Waals surface area contributed by atoms with Gasteiger partial charge in [0.15, 0.2) is 0 Å². The monoisotopic (exact) mass is 423 g/mol. The lowest BCUT2D eigenvalue weighted by molar-refractivity contribution is 0.00702. The van der Waals surface area contributed by atoms with Crippen LogP contribution in [0, 0.1) is 0 Å². The van der Waals surface area contributed by atoms with E-state index in [2.05, 4.69) is 5.32 Å². The third kappa shape index (κ3) is 5.12. The van der Waals surface area contributed by atoms with Gasteiger partial charge in [0, 0.05) is 4.88 Å². The van der Waals surface area contributed by atoms with Crippen molar-refractivity contribution >= 4 is 28.2 Å². The van der Waals surface area contributed by atoms with Crippen LogP contribution in [0.5, 0.6) is 5.75 Å². The summed E-state index contributed by atoms with van der Waals surface area (Å²) in [5.41, 5.74) is 0.761.